The maximum Gasteiger partial charge on any atom is 0.345 e. The van der Waals surface area contributed by atoms with Crippen molar-refractivity contribution in [2.75, 3.05) is 49.5 Å². The van der Waals surface area contributed by atoms with Gasteiger partial charge in [0.05, 0.1) is 53.8 Å². The van der Waals surface area contributed by atoms with Crippen molar-refractivity contribution in [1.82, 2.24) is 0 Å². The first-order valence-corrected chi connectivity index (χ1v) is 19.9. The molecule has 0 spiro atoms. The van der Waals surface area contributed by atoms with E-state index in [-0.39, 0.29) is 47.0 Å². The van der Waals surface area contributed by atoms with E-state index in [9.17, 15) is 19.2 Å². The van der Waals surface area contributed by atoms with E-state index < -0.39 is 42.9 Å². The molecular weight excluding hydrogens is 813 g/mol. The molecule has 0 aromatic heterocycles. The molecule has 1 heterocycles. The van der Waals surface area contributed by atoms with Gasteiger partial charge in [-0.2, -0.15) is 0 Å². The van der Waals surface area contributed by atoms with Crippen LogP contribution in [0.5, 0.6) is 34.5 Å². The lowest BCUT2D eigenvalue weighted by atomic mass is 9.85. The summed E-state index contributed by atoms with van der Waals surface area (Å²) < 4.78 is 58.8. The van der Waals surface area contributed by atoms with Gasteiger partial charge in [0.25, 0.3) is 0 Å². The van der Waals surface area contributed by atoms with Crippen molar-refractivity contribution in [3.63, 3.8) is 0 Å². The van der Waals surface area contributed by atoms with Crippen LogP contribution in [0.1, 0.15) is 66.4 Å². The van der Waals surface area contributed by atoms with Crippen molar-refractivity contribution in [2.45, 2.75) is 38.9 Å². The molecule has 0 saturated heterocycles. The lowest BCUT2D eigenvalue weighted by Gasteiger charge is -2.24. The zero-order valence-electron chi connectivity index (χ0n) is 36.1. The largest absolute Gasteiger partial charge is 0.496 e. The molecule has 0 radical (unpaired) electrons. The number of hydrogen-bond acceptors (Lipinski definition) is 14. The highest BCUT2D eigenvalue weighted by Gasteiger charge is 2.37. The van der Waals surface area contributed by atoms with Gasteiger partial charge in [-0.05, 0) is 84.3 Å². The van der Waals surface area contributed by atoms with Crippen molar-refractivity contribution >= 4 is 45.4 Å². The highest BCUT2D eigenvalue weighted by Crippen LogP contribution is 2.56. The molecule has 0 N–H and O–H groups in total. The molecular formula is C49H46O14. The maximum absolute atomic E-state index is 13.9. The van der Waals surface area contributed by atoms with Gasteiger partial charge in [-0.15, -0.1) is 0 Å². The number of carbonyl (C=O) groups is 4. The molecule has 0 unspecified atom stereocenters. The van der Waals surface area contributed by atoms with Gasteiger partial charge >= 0.3 is 23.9 Å². The molecule has 2 atom stereocenters. The van der Waals surface area contributed by atoms with E-state index in [4.69, 9.17) is 47.4 Å². The van der Waals surface area contributed by atoms with E-state index in [2.05, 4.69) is 0 Å². The summed E-state index contributed by atoms with van der Waals surface area (Å²) in [6.07, 6.45) is -0.852. The minimum absolute atomic E-state index is 0.0365. The minimum Gasteiger partial charge on any atom is -0.496 e. The highest BCUT2D eigenvalue weighted by atomic mass is 16.7. The van der Waals surface area contributed by atoms with Gasteiger partial charge in [0.1, 0.15) is 46.3 Å². The lowest BCUT2D eigenvalue weighted by molar-refractivity contribution is 0.0331. The van der Waals surface area contributed by atoms with Gasteiger partial charge in [0, 0.05) is 34.7 Å². The van der Waals surface area contributed by atoms with Gasteiger partial charge in [0.2, 0.25) is 6.79 Å². The van der Waals surface area contributed by atoms with Crippen LogP contribution in [0.15, 0.2) is 84.9 Å². The molecule has 6 aromatic carbocycles. The van der Waals surface area contributed by atoms with Crippen LogP contribution >= 0.6 is 0 Å². The summed E-state index contributed by atoms with van der Waals surface area (Å²) in [5.41, 5.74) is 2.60. The van der Waals surface area contributed by atoms with E-state index in [1.165, 1.54) is 42.7 Å². The van der Waals surface area contributed by atoms with Gasteiger partial charge in [-0.25, -0.2) is 19.2 Å². The Morgan fingerprint density at radius 2 is 0.889 bits per heavy atom. The Morgan fingerprint density at radius 1 is 0.508 bits per heavy atom. The molecule has 0 fully saturated rings. The van der Waals surface area contributed by atoms with Crippen molar-refractivity contribution in [1.29, 1.82) is 0 Å². The number of benzene rings is 6. The average molecular weight is 859 g/mol. The summed E-state index contributed by atoms with van der Waals surface area (Å²) in [6, 6.07) is 24.4. The second-order valence-electron chi connectivity index (χ2n) is 14.6. The standard InChI is InChI=1S/C49H46O14/c1-26(62-46(50)28-15-11-9-12-16-28)19-30-21-32-34(23-36(30)54-3)42(56-5)40(48(52)58-7)44-38(32)39-33-22-31(20-27(2)63-47(51)29-17-13-10-14-18-29)37(55-4)24-35(33)43(57-6)41(49(53)59-8)45(39)61-25-60-44/h9-18,21-24,26-27H,19-20,25H2,1-8H3/t26-,27-/m1/s1. The Labute approximate surface area is 363 Å². The molecule has 0 aliphatic carbocycles. The average Bonchev–Trinajstić information content (AvgIpc) is 3.50. The second-order valence-corrected chi connectivity index (χ2v) is 14.6. The number of ether oxygens (including phenoxy) is 10. The Morgan fingerprint density at radius 3 is 1.22 bits per heavy atom. The Hall–Kier alpha value is -7.48. The van der Waals surface area contributed by atoms with Gasteiger partial charge in [-0.3, -0.25) is 0 Å². The molecule has 1 aliphatic rings. The first kappa shape index (κ1) is 43.6. The van der Waals surface area contributed by atoms with Crippen LogP contribution < -0.4 is 28.4 Å². The predicted octanol–water partition coefficient (Wildman–Crippen LogP) is 8.57. The number of hydrogen-bond donors (Lipinski definition) is 0. The summed E-state index contributed by atoms with van der Waals surface area (Å²) in [4.78, 5) is 54.0. The fourth-order valence-electron chi connectivity index (χ4n) is 7.99. The molecule has 1 aliphatic heterocycles. The highest BCUT2D eigenvalue weighted by molar-refractivity contribution is 6.20. The first-order chi connectivity index (χ1) is 30.5. The number of carbonyl (C=O) groups excluding carboxylic acids is 4. The third-order valence-electron chi connectivity index (χ3n) is 10.7. The van der Waals surface area contributed by atoms with Crippen LogP contribution in [-0.2, 0) is 31.8 Å². The van der Waals surface area contributed by atoms with Crippen LogP contribution in [0.25, 0.3) is 32.7 Å². The fourth-order valence-corrected chi connectivity index (χ4v) is 7.99. The summed E-state index contributed by atoms with van der Waals surface area (Å²) in [6.45, 7) is 3.07. The van der Waals surface area contributed by atoms with E-state index in [0.29, 0.717) is 66.4 Å². The Kier molecular flexibility index (Phi) is 12.9. The molecule has 6 aromatic rings. The SMILES string of the molecule is COC(=O)c1c2c(c3cc(C[C@@H](C)OC(=O)c4ccccc4)c(OC)cc3c1OC)-c1c(c(C(=O)OC)c(OC)c3cc(OC)c(C[C@@H](C)OC(=O)c4ccccc4)cc13)OCO2. The topological polar surface area (TPSA) is 161 Å². The minimum atomic E-state index is -0.777. The fraction of sp³-hybridized carbons (Fsp3) is 0.265. The molecule has 7 rings (SSSR count). The van der Waals surface area contributed by atoms with Crippen LogP contribution in [0, 0.1) is 0 Å². The quantitative estimate of drug-likeness (QED) is 0.0757. The second kappa shape index (κ2) is 18.6. The smallest absolute Gasteiger partial charge is 0.345 e. The molecule has 0 saturated carbocycles. The summed E-state index contributed by atoms with van der Waals surface area (Å²) >= 11 is 0. The van der Waals surface area contributed by atoms with E-state index in [1.54, 1.807) is 74.5 Å². The van der Waals surface area contributed by atoms with Gasteiger partial charge in [0.15, 0.2) is 11.5 Å². The van der Waals surface area contributed by atoms with E-state index in [1.807, 2.05) is 24.3 Å². The van der Waals surface area contributed by atoms with Gasteiger partial charge < -0.3 is 47.4 Å². The zero-order chi connectivity index (χ0) is 44.9. The van der Waals surface area contributed by atoms with Crippen LogP contribution in [0.2, 0.25) is 0 Å². The van der Waals surface area contributed by atoms with Crippen molar-refractivity contribution in [3.05, 3.63) is 118 Å². The molecule has 326 valence electrons. The summed E-state index contributed by atoms with van der Waals surface area (Å²) in [5.74, 6) is -1.41. The monoisotopic (exact) mass is 858 g/mol. The normalized spacial score (nSPS) is 12.6. The zero-order valence-corrected chi connectivity index (χ0v) is 36.1. The van der Waals surface area contributed by atoms with E-state index in [0.717, 1.165) is 0 Å². The third kappa shape index (κ3) is 8.31. The van der Waals surface area contributed by atoms with Crippen molar-refractivity contribution < 1.29 is 66.5 Å². The Bertz CT molecular complexity index is 2540. The third-order valence-corrected chi connectivity index (χ3v) is 10.7. The number of methoxy groups -OCH3 is 6. The molecule has 63 heavy (non-hydrogen) atoms. The van der Waals surface area contributed by atoms with Crippen LogP contribution in [-0.4, -0.2) is 85.5 Å². The van der Waals surface area contributed by atoms with Gasteiger partial charge in [-0.1, -0.05) is 36.4 Å². The number of rotatable bonds is 14. The lowest BCUT2D eigenvalue weighted by Crippen LogP contribution is -2.18. The molecule has 14 heteroatoms. The Balaban J connectivity index is 1.53. The number of esters is 4. The molecule has 14 nitrogen and oxygen atoms in total. The van der Waals surface area contributed by atoms with Crippen molar-refractivity contribution in [2.24, 2.45) is 0 Å². The van der Waals surface area contributed by atoms with Crippen LogP contribution in [0.3, 0.4) is 0 Å². The van der Waals surface area contributed by atoms with Crippen LogP contribution in [0.4, 0.5) is 0 Å². The van der Waals surface area contributed by atoms with E-state index >= 15 is 0 Å². The summed E-state index contributed by atoms with van der Waals surface area (Å²) in [7, 11) is 8.32. The van der Waals surface area contributed by atoms with Crippen molar-refractivity contribution in [3.8, 4) is 45.6 Å². The first-order valence-electron chi connectivity index (χ1n) is 19.9. The summed E-state index contributed by atoms with van der Waals surface area (Å²) in [5, 5.41) is 1.81. The molecule has 0 bridgehead atoms. The number of fused-ring (bicyclic) bond motifs is 7. The molecule has 0 amide bonds. The maximum atomic E-state index is 13.9. The predicted molar refractivity (Wildman–Crippen MR) is 232 cm³/mol.